The Labute approximate surface area is 179 Å². The minimum atomic E-state index is -3.60. The molecule has 0 atom stereocenters. The fourth-order valence-electron chi connectivity index (χ4n) is 3.19. The van der Waals surface area contributed by atoms with Crippen LogP contribution >= 0.6 is 27.3 Å². The molecular weight excluding hydrogens is 480 g/mol. The Morgan fingerprint density at radius 3 is 2.48 bits per heavy atom. The van der Waals surface area contributed by atoms with Gasteiger partial charge in [-0.1, -0.05) is 15.9 Å². The van der Waals surface area contributed by atoms with Gasteiger partial charge in [-0.05, 0) is 35.7 Å². The number of sulfonamides is 1. The summed E-state index contributed by atoms with van der Waals surface area (Å²) >= 11 is 4.67. The van der Waals surface area contributed by atoms with E-state index in [9.17, 15) is 18.0 Å². The highest BCUT2D eigenvalue weighted by Crippen LogP contribution is 2.20. The van der Waals surface area contributed by atoms with Crippen LogP contribution in [0.4, 0.5) is 0 Å². The SMILES string of the molecule is O=C(Cn1cnc2sccc2c1=O)N1CCN(S(=O)(=O)c2ccc(Br)cc2)CC1. The van der Waals surface area contributed by atoms with Crippen molar-refractivity contribution < 1.29 is 13.2 Å². The molecule has 1 aromatic carbocycles. The maximum Gasteiger partial charge on any atom is 0.262 e. The van der Waals surface area contributed by atoms with E-state index in [1.807, 2.05) is 0 Å². The van der Waals surface area contributed by atoms with Crippen molar-refractivity contribution >= 4 is 53.4 Å². The first kappa shape index (κ1) is 20.2. The van der Waals surface area contributed by atoms with Gasteiger partial charge in [0.15, 0.2) is 0 Å². The van der Waals surface area contributed by atoms with E-state index < -0.39 is 10.0 Å². The maximum atomic E-state index is 12.8. The summed E-state index contributed by atoms with van der Waals surface area (Å²) < 4.78 is 29.0. The Morgan fingerprint density at radius 1 is 1.10 bits per heavy atom. The van der Waals surface area contributed by atoms with Crippen molar-refractivity contribution in [3.63, 3.8) is 0 Å². The number of carbonyl (C=O) groups is 1. The lowest BCUT2D eigenvalue weighted by molar-refractivity contribution is -0.133. The zero-order chi connectivity index (χ0) is 20.6. The van der Waals surface area contributed by atoms with Crippen molar-refractivity contribution in [2.45, 2.75) is 11.4 Å². The second kappa shape index (κ2) is 7.98. The predicted molar refractivity (Wildman–Crippen MR) is 113 cm³/mol. The minimum absolute atomic E-state index is 0.114. The van der Waals surface area contributed by atoms with Crippen molar-refractivity contribution in [2.75, 3.05) is 26.2 Å². The first-order chi connectivity index (χ1) is 13.9. The number of hydrogen-bond donors (Lipinski definition) is 0. The fourth-order valence-corrected chi connectivity index (χ4v) is 5.60. The molecule has 1 aliphatic heterocycles. The van der Waals surface area contributed by atoms with E-state index in [0.717, 1.165) is 4.47 Å². The van der Waals surface area contributed by atoms with Crippen LogP contribution in [0.3, 0.4) is 0 Å². The third-order valence-electron chi connectivity index (χ3n) is 4.80. The molecule has 4 rings (SSSR count). The molecule has 0 aliphatic carbocycles. The van der Waals surface area contributed by atoms with E-state index in [1.54, 1.807) is 40.6 Å². The standard InChI is InChI=1S/C18H17BrN4O4S2/c19-13-1-3-14(4-2-13)29(26,27)23-8-6-21(7-9-23)16(24)11-22-12-20-17-15(18(22)25)5-10-28-17/h1-5,10,12H,6-9,11H2. The van der Waals surface area contributed by atoms with Gasteiger partial charge in [0.1, 0.15) is 11.4 Å². The van der Waals surface area contributed by atoms with E-state index >= 15 is 0 Å². The van der Waals surface area contributed by atoms with Crippen LogP contribution in [0.5, 0.6) is 0 Å². The van der Waals surface area contributed by atoms with Crippen LogP contribution in [-0.2, 0) is 21.4 Å². The van der Waals surface area contributed by atoms with Crippen LogP contribution in [0, 0.1) is 0 Å². The second-order valence-corrected chi connectivity index (χ2v) is 10.3. The number of halogens is 1. The Balaban J connectivity index is 1.42. The summed E-state index contributed by atoms with van der Waals surface area (Å²) in [5.74, 6) is -0.232. The molecule has 3 heterocycles. The summed E-state index contributed by atoms with van der Waals surface area (Å²) in [6.45, 7) is 0.855. The van der Waals surface area contributed by atoms with E-state index in [0.29, 0.717) is 10.2 Å². The van der Waals surface area contributed by atoms with Gasteiger partial charge in [0.05, 0.1) is 16.6 Å². The van der Waals surface area contributed by atoms with Crippen LogP contribution < -0.4 is 5.56 Å². The summed E-state index contributed by atoms with van der Waals surface area (Å²) in [7, 11) is -3.60. The van der Waals surface area contributed by atoms with Crippen molar-refractivity contribution in [1.82, 2.24) is 18.8 Å². The number of fused-ring (bicyclic) bond motifs is 1. The number of benzene rings is 1. The second-order valence-electron chi connectivity index (χ2n) is 6.56. The van der Waals surface area contributed by atoms with Gasteiger partial charge >= 0.3 is 0 Å². The molecule has 3 aromatic rings. The number of hydrogen-bond acceptors (Lipinski definition) is 6. The van der Waals surface area contributed by atoms with Gasteiger partial charge in [0, 0.05) is 30.7 Å². The molecule has 152 valence electrons. The van der Waals surface area contributed by atoms with Crippen LogP contribution in [-0.4, -0.2) is 59.3 Å². The first-order valence-corrected chi connectivity index (χ1v) is 11.9. The predicted octanol–water partition coefficient (Wildman–Crippen LogP) is 1.75. The van der Waals surface area contributed by atoms with E-state index in [4.69, 9.17) is 0 Å². The number of piperazine rings is 1. The van der Waals surface area contributed by atoms with Crippen molar-refractivity contribution in [3.05, 3.63) is 56.9 Å². The molecule has 1 aliphatic rings. The van der Waals surface area contributed by atoms with Crippen LogP contribution in [0.15, 0.2) is 56.2 Å². The molecule has 11 heteroatoms. The van der Waals surface area contributed by atoms with Crippen molar-refractivity contribution in [2.24, 2.45) is 0 Å². The lowest BCUT2D eigenvalue weighted by Gasteiger charge is -2.34. The topological polar surface area (TPSA) is 92.6 Å². The highest BCUT2D eigenvalue weighted by molar-refractivity contribution is 9.10. The molecular formula is C18H17BrN4O4S2. The third kappa shape index (κ3) is 4.00. The molecule has 1 fully saturated rings. The molecule has 0 radical (unpaired) electrons. The van der Waals surface area contributed by atoms with Gasteiger partial charge in [0.25, 0.3) is 5.56 Å². The van der Waals surface area contributed by atoms with Gasteiger partial charge in [-0.3, -0.25) is 14.2 Å². The minimum Gasteiger partial charge on any atom is -0.338 e. The average molecular weight is 497 g/mol. The lowest BCUT2D eigenvalue weighted by Crippen LogP contribution is -2.51. The fraction of sp³-hybridized carbons (Fsp3) is 0.278. The summed E-state index contributed by atoms with van der Waals surface area (Å²) in [5, 5.41) is 2.28. The van der Waals surface area contributed by atoms with Crippen LogP contribution in [0.25, 0.3) is 10.2 Å². The lowest BCUT2D eigenvalue weighted by atomic mass is 10.3. The van der Waals surface area contributed by atoms with E-state index in [1.165, 1.54) is 26.5 Å². The maximum absolute atomic E-state index is 12.8. The van der Waals surface area contributed by atoms with Crippen molar-refractivity contribution in [3.8, 4) is 0 Å². The molecule has 2 aromatic heterocycles. The smallest absolute Gasteiger partial charge is 0.262 e. The third-order valence-corrected chi connectivity index (χ3v) is 8.06. The number of rotatable bonds is 4. The molecule has 0 saturated carbocycles. The molecule has 0 unspecified atom stereocenters. The molecule has 0 N–H and O–H groups in total. The Morgan fingerprint density at radius 2 is 1.79 bits per heavy atom. The number of amides is 1. The first-order valence-electron chi connectivity index (χ1n) is 8.82. The molecule has 29 heavy (non-hydrogen) atoms. The van der Waals surface area contributed by atoms with E-state index in [-0.39, 0.29) is 49.1 Å². The molecule has 1 amide bonds. The van der Waals surface area contributed by atoms with Gasteiger partial charge < -0.3 is 4.90 Å². The molecule has 1 saturated heterocycles. The summed E-state index contributed by atoms with van der Waals surface area (Å²) in [6, 6.07) is 8.17. The number of nitrogens with zero attached hydrogens (tertiary/aromatic N) is 4. The Hall–Kier alpha value is -2.08. The average Bonchev–Trinajstić information content (AvgIpc) is 3.20. The summed E-state index contributed by atoms with van der Waals surface area (Å²) in [4.78, 5) is 31.7. The van der Waals surface area contributed by atoms with Gasteiger partial charge in [-0.15, -0.1) is 11.3 Å². The highest BCUT2D eigenvalue weighted by atomic mass is 79.9. The van der Waals surface area contributed by atoms with Crippen LogP contribution in [0.2, 0.25) is 0 Å². The van der Waals surface area contributed by atoms with Gasteiger partial charge in [0.2, 0.25) is 15.9 Å². The molecule has 0 bridgehead atoms. The normalized spacial score (nSPS) is 15.7. The number of thiophene rings is 1. The largest absolute Gasteiger partial charge is 0.338 e. The van der Waals surface area contributed by atoms with Gasteiger partial charge in [-0.2, -0.15) is 4.31 Å². The Kier molecular flexibility index (Phi) is 5.56. The quantitative estimate of drug-likeness (QED) is 0.548. The monoisotopic (exact) mass is 496 g/mol. The Bertz CT molecular complexity index is 1210. The summed E-state index contributed by atoms with van der Waals surface area (Å²) in [6.07, 6.45) is 1.38. The van der Waals surface area contributed by atoms with E-state index in [2.05, 4.69) is 20.9 Å². The van der Waals surface area contributed by atoms with Crippen molar-refractivity contribution in [1.29, 1.82) is 0 Å². The van der Waals surface area contributed by atoms with Crippen LogP contribution in [0.1, 0.15) is 0 Å². The number of carbonyl (C=O) groups excluding carboxylic acids is 1. The molecule has 0 spiro atoms. The zero-order valence-corrected chi connectivity index (χ0v) is 18.4. The zero-order valence-electron chi connectivity index (χ0n) is 15.2. The highest BCUT2D eigenvalue weighted by Gasteiger charge is 2.30. The van der Waals surface area contributed by atoms with Gasteiger partial charge in [-0.25, -0.2) is 13.4 Å². The molecule has 8 nitrogen and oxygen atoms in total. The summed E-state index contributed by atoms with van der Waals surface area (Å²) in [5.41, 5.74) is -0.249. The number of aromatic nitrogens is 2.